The Morgan fingerprint density at radius 2 is 2.40 bits per heavy atom. The van der Waals surface area contributed by atoms with Gasteiger partial charge in [0.05, 0.1) is 11.9 Å². The molecule has 1 unspecified atom stereocenters. The number of hydrogen-bond donors (Lipinski definition) is 1. The first-order valence-corrected chi connectivity index (χ1v) is 6.15. The maximum Gasteiger partial charge on any atom is 0.227 e. The van der Waals surface area contributed by atoms with Gasteiger partial charge in [0, 0.05) is 23.6 Å². The topological polar surface area (TPSA) is 33.2 Å². The number of pyridine rings is 1. The van der Waals surface area contributed by atoms with Crippen molar-refractivity contribution in [3.05, 3.63) is 22.9 Å². The SMILES string of the molecule is O=C1CC(CS)CN1c1cncc(Br)c1. The highest BCUT2D eigenvalue weighted by Crippen LogP contribution is 2.26. The highest BCUT2D eigenvalue weighted by molar-refractivity contribution is 9.10. The lowest BCUT2D eigenvalue weighted by molar-refractivity contribution is -0.117. The number of anilines is 1. The molecule has 15 heavy (non-hydrogen) atoms. The summed E-state index contributed by atoms with van der Waals surface area (Å²) in [5, 5.41) is 0. The third kappa shape index (κ3) is 2.34. The molecular formula is C10H11BrN2OS. The fourth-order valence-electron chi connectivity index (χ4n) is 1.70. The molecule has 1 atom stereocenters. The molecule has 0 radical (unpaired) electrons. The van der Waals surface area contributed by atoms with Gasteiger partial charge < -0.3 is 4.90 Å². The number of amides is 1. The van der Waals surface area contributed by atoms with Crippen molar-refractivity contribution in [3.63, 3.8) is 0 Å². The highest BCUT2D eigenvalue weighted by atomic mass is 79.9. The minimum absolute atomic E-state index is 0.161. The standard InChI is InChI=1S/C10H11BrN2OS/c11-8-2-9(4-12-3-8)13-5-7(6-15)1-10(13)14/h2-4,7,15H,1,5-6H2. The van der Waals surface area contributed by atoms with Crippen molar-refractivity contribution >= 4 is 40.2 Å². The van der Waals surface area contributed by atoms with E-state index in [-0.39, 0.29) is 5.91 Å². The number of carbonyl (C=O) groups is 1. The van der Waals surface area contributed by atoms with E-state index in [0.717, 1.165) is 22.5 Å². The molecule has 0 spiro atoms. The smallest absolute Gasteiger partial charge is 0.227 e. The van der Waals surface area contributed by atoms with Gasteiger partial charge in [0.1, 0.15) is 0 Å². The fraction of sp³-hybridized carbons (Fsp3) is 0.400. The van der Waals surface area contributed by atoms with Gasteiger partial charge in [-0.15, -0.1) is 0 Å². The van der Waals surface area contributed by atoms with Crippen LogP contribution in [0.3, 0.4) is 0 Å². The number of nitrogens with zero attached hydrogens (tertiary/aromatic N) is 2. The Bertz CT molecular complexity index is 385. The van der Waals surface area contributed by atoms with Gasteiger partial charge in [0.15, 0.2) is 0 Å². The van der Waals surface area contributed by atoms with Gasteiger partial charge in [-0.05, 0) is 33.7 Å². The molecule has 1 aromatic heterocycles. The lowest BCUT2D eigenvalue weighted by atomic mass is 10.1. The lowest BCUT2D eigenvalue weighted by Crippen LogP contribution is -2.24. The van der Waals surface area contributed by atoms with E-state index in [0.29, 0.717) is 12.3 Å². The maximum atomic E-state index is 11.7. The molecule has 0 N–H and O–H groups in total. The zero-order valence-electron chi connectivity index (χ0n) is 8.06. The number of halogens is 1. The van der Waals surface area contributed by atoms with Gasteiger partial charge in [-0.1, -0.05) is 0 Å². The van der Waals surface area contributed by atoms with Gasteiger partial charge >= 0.3 is 0 Å². The van der Waals surface area contributed by atoms with Crippen LogP contribution in [0.4, 0.5) is 5.69 Å². The Morgan fingerprint density at radius 3 is 3.00 bits per heavy atom. The summed E-state index contributed by atoms with van der Waals surface area (Å²) < 4.78 is 0.891. The molecule has 1 saturated heterocycles. The van der Waals surface area contributed by atoms with Crippen molar-refractivity contribution < 1.29 is 4.79 Å². The molecule has 1 aliphatic rings. The van der Waals surface area contributed by atoms with Crippen LogP contribution in [-0.2, 0) is 4.79 Å². The van der Waals surface area contributed by atoms with E-state index in [1.165, 1.54) is 0 Å². The molecule has 1 amide bonds. The Morgan fingerprint density at radius 1 is 1.60 bits per heavy atom. The van der Waals surface area contributed by atoms with Crippen LogP contribution in [0.1, 0.15) is 6.42 Å². The quantitative estimate of drug-likeness (QED) is 0.845. The van der Waals surface area contributed by atoms with E-state index in [9.17, 15) is 4.79 Å². The van der Waals surface area contributed by atoms with Gasteiger partial charge in [-0.2, -0.15) is 12.6 Å². The number of thiol groups is 1. The molecule has 0 saturated carbocycles. The van der Waals surface area contributed by atoms with Crippen molar-refractivity contribution in [2.45, 2.75) is 6.42 Å². The Hall–Kier alpha value is -0.550. The minimum atomic E-state index is 0.161. The van der Waals surface area contributed by atoms with Gasteiger partial charge in [-0.3, -0.25) is 9.78 Å². The first kappa shape index (κ1) is 11.0. The van der Waals surface area contributed by atoms with Crippen molar-refractivity contribution in [1.82, 2.24) is 4.98 Å². The first-order chi connectivity index (χ1) is 7.20. The summed E-state index contributed by atoms with van der Waals surface area (Å²) in [6, 6.07) is 1.91. The van der Waals surface area contributed by atoms with Crippen LogP contribution >= 0.6 is 28.6 Å². The number of carbonyl (C=O) groups excluding carboxylic acids is 1. The second-order valence-electron chi connectivity index (χ2n) is 3.62. The predicted octanol–water partition coefficient (Wildman–Crippen LogP) is 2.13. The molecule has 0 aromatic carbocycles. The van der Waals surface area contributed by atoms with E-state index >= 15 is 0 Å². The second kappa shape index (κ2) is 4.53. The molecule has 1 aromatic rings. The molecule has 2 heterocycles. The van der Waals surface area contributed by atoms with E-state index in [2.05, 4.69) is 33.5 Å². The molecule has 3 nitrogen and oxygen atoms in total. The fourth-order valence-corrected chi connectivity index (χ4v) is 2.30. The summed E-state index contributed by atoms with van der Waals surface area (Å²) in [6.45, 7) is 0.750. The molecule has 1 fully saturated rings. The monoisotopic (exact) mass is 286 g/mol. The third-order valence-electron chi connectivity index (χ3n) is 2.47. The molecular weight excluding hydrogens is 276 g/mol. The number of aromatic nitrogens is 1. The molecule has 5 heteroatoms. The van der Waals surface area contributed by atoms with Crippen LogP contribution in [0.5, 0.6) is 0 Å². The van der Waals surface area contributed by atoms with Crippen LogP contribution in [-0.4, -0.2) is 23.2 Å². The van der Waals surface area contributed by atoms with Crippen molar-refractivity contribution in [2.24, 2.45) is 5.92 Å². The van der Waals surface area contributed by atoms with E-state index < -0.39 is 0 Å². The maximum absolute atomic E-state index is 11.7. The van der Waals surface area contributed by atoms with Crippen LogP contribution in [0.15, 0.2) is 22.9 Å². The molecule has 1 aliphatic heterocycles. The largest absolute Gasteiger partial charge is 0.311 e. The van der Waals surface area contributed by atoms with Crippen LogP contribution < -0.4 is 4.90 Å². The Balaban J connectivity index is 2.21. The average molecular weight is 287 g/mol. The third-order valence-corrected chi connectivity index (χ3v) is 3.42. The van der Waals surface area contributed by atoms with Crippen molar-refractivity contribution in [3.8, 4) is 0 Å². The van der Waals surface area contributed by atoms with E-state index in [1.807, 2.05) is 6.07 Å². The second-order valence-corrected chi connectivity index (χ2v) is 4.90. The van der Waals surface area contributed by atoms with Gasteiger partial charge in [0.25, 0.3) is 0 Å². The number of rotatable bonds is 2. The zero-order chi connectivity index (χ0) is 10.8. The van der Waals surface area contributed by atoms with Gasteiger partial charge in [-0.25, -0.2) is 0 Å². The van der Waals surface area contributed by atoms with Crippen LogP contribution in [0.2, 0.25) is 0 Å². The highest BCUT2D eigenvalue weighted by Gasteiger charge is 2.29. The first-order valence-electron chi connectivity index (χ1n) is 4.72. The predicted molar refractivity (Wildman–Crippen MR) is 66.3 cm³/mol. The minimum Gasteiger partial charge on any atom is -0.311 e. The van der Waals surface area contributed by atoms with E-state index in [1.54, 1.807) is 17.3 Å². The molecule has 80 valence electrons. The van der Waals surface area contributed by atoms with Crippen LogP contribution in [0, 0.1) is 5.92 Å². The normalized spacial score (nSPS) is 21.1. The lowest BCUT2D eigenvalue weighted by Gasteiger charge is -2.15. The van der Waals surface area contributed by atoms with E-state index in [4.69, 9.17) is 0 Å². The average Bonchev–Trinajstić information content (AvgIpc) is 2.60. The van der Waals surface area contributed by atoms with Crippen LogP contribution in [0.25, 0.3) is 0 Å². The Kier molecular flexibility index (Phi) is 3.31. The molecule has 2 rings (SSSR count). The zero-order valence-corrected chi connectivity index (χ0v) is 10.5. The molecule has 0 aliphatic carbocycles. The van der Waals surface area contributed by atoms with Crippen molar-refractivity contribution in [2.75, 3.05) is 17.2 Å². The Labute approximate surface area is 102 Å². The molecule has 0 bridgehead atoms. The van der Waals surface area contributed by atoms with Crippen molar-refractivity contribution in [1.29, 1.82) is 0 Å². The summed E-state index contributed by atoms with van der Waals surface area (Å²) in [5.74, 6) is 1.28. The summed E-state index contributed by atoms with van der Waals surface area (Å²) >= 11 is 7.57. The summed E-state index contributed by atoms with van der Waals surface area (Å²) in [5.41, 5.74) is 0.860. The van der Waals surface area contributed by atoms with Gasteiger partial charge in [0.2, 0.25) is 5.91 Å². The number of hydrogen-bond acceptors (Lipinski definition) is 3. The summed E-state index contributed by atoms with van der Waals surface area (Å²) in [7, 11) is 0. The summed E-state index contributed by atoms with van der Waals surface area (Å²) in [6.07, 6.45) is 4.01. The summed E-state index contributed by atoms with van der Waals surface area (Å²) in [4.78, 5) is 17.5.